The van der Waals surface area contributed by atoms with Crippen molar-refractivity contribution in [1.82, 2.24) is 4.98 Å². The zero-order valence-corrected chi connectivity index (χ0v) is 11.3. The fourth-order valence-electron chi connectivity index (χ4n) is 1.50. The fourth-order valence-corrected chi connectivity index (χ4v) is 2.15. The van der Waals surface area contributed by atoms with Gasteiger partial charge in [0.05, 0.1) is 0 Å². The Morgan fingerprint density at radius 3 is 2.35 bits per heavy atom. The quantitative estimate of drug-likeness (QED) is 0.871. The summed E-state index contributed by atoms with van der Waals surface area (Å²) >= 11 is 1.67. The predicted molar refractivity (Wildman–Crippen MR) is 75.5 cm³/mol. The second-order valence-corrected chi connectivity index (χ2v) is 5.49. The summed E-state index contributed by atoms with van der Waals surface area (Å²) < 4.78 is 0. The average Bonchev–Trinajstić information content (AvgIpc) is 2.83. The average molecular weight is 246 g/mol. The third-order valence-electron chi connectivity index (χ3n) is 2.96. The van der Waals surface area contributed by atoms with E-state index in [1.165, 1.54) is 11.3 Å². The van der Waals surface area contributed by atoms with Crippen LogP contribution in [0.2, 0.25) is 0 Å². The molecular formula is C14H18N2S. The van der Waals surface area contributed by atoms with Crippen molar-refractivity contribution >= 4 is 17.0 Å². The van der Waals surface area contributed by atoms with Crippen molar-refractivity contribution in [3.63, 3.8) is 0 Å². The highest BCUT2D eigenvalue weighted by atomic mass is 32.1. The lowest BCUT2D eigenvalue weighted by atomic mass is 10.1. The van der Waals surface area contributed by atoms with Crippen molar-refractivity contribution < 1.29 is 0 Å². The first-order valence-corrected chi connectivity index (χ1v) is 6.81. The van der Waals surface area contributed by atoms with E-state index in [1.54, 1.807) is 11.3 Å². The van der Waals surface area contributed by atoms with Crippen molar-refractivity contribution in [1.29, 1.82) is 0 Å². The minimum Gasteiger partial charge on any atom is -0.382 e. The number of thiazole rings is 1. The lowest BCUT2D eigenvalue weighted by Crippen LogP contribution is -2.21. The topological polar surface area (TPSA) is 24.9 Å². The zero-order chi connectivity index (χ0) is 12.3. The Morgan fingerprint density at radius 2 is 1.82 bits per heavy atom. The van der Waals surface area contributed by atoms with Crippen molar-refractivity contribution in [3.05, 3.63) is 35.8 Å². The minimum atomic E-state index is 0.487. The highest BCUT2D eigenvalue weighted by molar-refractivity contribution is 7.13. The van der Waals surface area contributed by atoms with Gasteiger partial charge in [-0.15, -0.1) is 11.3 Å². The van der Waals surface area contributed by atoms with E-state index in [-0.39, 0.29) is 0 Å². The van der Waals surface area contributed by atoms with Crippen LogP contribution in [0.15, 0.2) is 35.8 Å². The van der Waals surface area contributed by atoms with Gasteiger partial charge in [-0.2, -0.15) is 0 Å². The Bertz CT molecular complexity index is 446. The lowest BCUT2D eigenvalue weighted by molar-refractivity contribution is 0.560. The van der Waals surface area contributed by atoms with Crippen LogP contribution in [0.3, 0.4) is 0 Å². The molecule has 1 unspecified atom stereocenters. The molecule has 0 aliphatic heterocycles. The van der Waals surface area contributed by atoms with E-state index in [0.717, 1.165) is 5.01 Å². The third kappa shape index (κ3) is 3.07. The van der Waals surface area contributed by atoms with E-state index >= 15 is 0 Å². The molecule has 1 aromatic carbocycles. The van der Waals surface area contributed by atoms with E-state index in [4.69, 9.17) is 0 Å². The molecular weight excluding hydrogens is 228 g/mol. The summed E-state index contributed by atoms with van der Waals surface area (Å²) in [5.74, 6) is 0.633. The van der Waals surface area contributed by atoms with Crippen LogP contribution >= 0.6 is 11.3 Å². The molecule has 0 bridgehead atoms. The molecule has 3 heteroatoms. The molecule has 2 aromatic rings. The maximum absolute atomic E-state index is 4.30. The van der Waals surface area contributed by atoms with Crippen LogP contribution in [-0.2, 0) is 0 Å². The summed E-state index contributed by atoms with van der Waals surface area (Å²) in [6.45, 7) is 6.66. The molecule has 0 spiro atoms. The largest absolute Gasteiger partial charge is 0.382 e. The summed E-state index contributed by atoms with van der Waals surface area (Å²) in [6.07, 6.45) is 1.84. The summed E-state index contributed by atoms with van der Waals surface area (Å²) in [4.78, 5) is 4.30. The number of hydrogen-bond donors (Lipinski definition) is 1. The number of nitrogens with zero attached hydrogens (tertiary/aromatic N) is 1. The Labute approximate surface area is 107 Å². The van der Waals surface area contributed by atoms with Gasteiger partial charge in [0.15, 0.2) is 0 Å². The molecule has 1 heterocycles. The SMILES string of the molecule is CC(C)C(C)Nc1ccc(-c2nccs2)cc1. The predicted octanol–water partition coefficient (Wildman–Crippen LogP) is 4.27. The van der Waals surface area contributed by atoms with Crippen molar-refractivity contribution in [2.24, 2.45) is 5.92 Å². The zero-order valence-electron chi connectivity index (χ0n) is 10.5. The standard InChI is InChI=1S/C14H18N2S/c1-10(2)11(3)16-13-6-4-12(5-7-13)14-15-8-9-17-14/h4-11,16H,1-3H3. The van der Waals surface area contributed by atoms with Crippen LogP contribution in [0.25, 0.3) is 10.6 Å². The molecule has 2 rings (SSSR count). The van der Waals surface area contributed by atoms with Gasteiger partial charge >= 0.3 is 0 Å². The van der Waals surface area contributed by atoms with Gasteiger partial charge in [0.1, 0.15) is 5.01 Å². The van der Waals surface area contributed by atoms with Gasteiger partial charge in [-0.3, -0.25) is 0 Å². The van der Waals surface area contributed by atoms with Gasteiger partial charge in [-0.1, -0.05) is 13.8 Å². The first-order valence-electron chi connectivity index (χ1n) is 5.93. The number of rotatable bonds is 4. The van der Waals surface area contributed by atoms with Crippen LogP contribution in [0.1, 0.15) is 20.8 Å². The van der Waals surface area contributed by atoms with Gasteiger partial charge in [0.25, 0.3) is 0 Å². The van der Waals surface area contributed by atoms with Gasteiger partial charge in [-0.05, 0) is 37.1 Å². The number of benzene rings is 1. The van der Waals surface area contributed by atoms with Gasteiger partial charge in [-0.25, -0.2) is 4.98 Å². The van der Waals surface area contributed by atoms with E-state index < -0.39 is 0 Å². The summed E-state index contributed by atoms with van der Waals surface area (Å²) in [7, 11) is 0. The Balaban J connectivity index is 2.08. The summed E-state index contributed by atoms with van der Waals surface area (Å²) in [5.41, 5.74) is 2.36. The second-order valence-electron chi connectivity index (χ2n) is 4.59. The maximum Gasteiger partial charge on any atom is 0.123 e. The van der Waals surface area contributed by atoms with Crippen molar-refractivity contribution in [2.75, 3.05) is 5.32 Å². The van der Waals surface area contributed by atoms with Gasteiger partial charge in [0.2, 0.25) is 0 Å². The van der Waals surface area contributed by atoms with Crippen molar-refractivity contribution in [3.8, 4) is 10.6 Å². The Kier molecular flexibility index (Phi) is 3.79. The van der Waals surface area contributed by atoms with E-state index in [1.807, 2.05) is 11.6 Å². The van der Waals surface area contributed by atoms with Crippen LogP contribution in [0.5, 0.6) is 0 Å². The molecule has 90 valence electrons. The smallest absolute Gasteiger partial charge is 0.123 e. The molecule has 17 heavy (non-hydrogen) atoms. The molecule has 0 amide bonds. The minimum absolute atomic E-state index is 0.487. The van der Waals surface area contributed by atoms with Crippen LogP contribution in [0, 0.1) is 5.92 Å². The molecule has 1 aromatic heterocycles. The number of nitrogens with one attached hydrogen (secondary N) is 1. The van der Waals surface area contributed by atoms with Crippen LogP contribution in [-0.4, -0.2) is 11.0 Å². The van der Waals surface area contributed by atoms with E-state index in [2.05, 4.69) is 55.3 Å². The van der Waals surface area contributed by atoms with E-state index in [0.29, 0.717) is 12.0 Å². The van der Waals surface area contributed by atoms with Gasteiger partial charge in [0, 0.05) is 28.9 Å². The molecule has 1 N–H and O–H groups in total. The molecule has 0 aliphatic carbocycles. The normalized spacial score (nSPS) is 12.7. The molecule has 0 radical (unpaired) electrons. The highest BCUT2D eigenvalue weighted by Crippen LogP contribution is 2.23. The summed E-state index contributed by atoms with van der Waals surface area (Å²) in [5, 5.41) is 6.58. The first-order chi connectivity index (χ1) is 8.16. The molecule has 0 saturated heterocycles. The fraction of sp³-hybridized carbons (Fsp3) is 0.357. The Hall–Kier alpha value is -1.35. The van der Waals surface area contributed by atoms with E-state index in [9.17, 15) is 0 Å². The lowest BCUT2D eigenvalue weighted by Gasteiger charge is -2.18. The highest BCUT2D eigenvalue weighted by Gasteiger charge is 2.06. The maximum atomic E-state index is 4.30. The molecule has 0 aliphatic rings. The monoisotopic (exact) mass is 246 g/mol. The number of anilines is 1. The van der Waals surface area contributed by atoms with Crippen LogP contribution in [0.4, 0.5) is 5.69 Å². The summed E-state index contributed by atoms with van der Waals surface area (Å²) in [6, 6.07) is 8.97. The van der Waals surface area contributed by atoms with Crippen LogP contribution < -0.4 is 5.32 Å². The van der Waals surface area contributed by atoms with Gasteiger partial charge < -0.3 is 5.32 Å². The second kappa shape index (κ2) is 5.32. The molecule has 0 fully saturated rings. The molecule has 1 atom stereocenters. The Morgan fingerprint density at radius 1 is 1.12 bits per heavy atom. The first kappa shape index (κ1) is 12.1. The molecule has 0 saturated carbocycles. The third-order valence-corrected chi connectivity index (χ3v) is 3.78. The van der Waals surface area contributed by atoms with Crippen molar-refractivity contribution in [2.45, 2.75) is 26.8 Å². The number of hydrogen-bond acceptors (Lipinski definition) is 3. The molecule has 2 nitrogen and oxygen atoms in total. The number of aromatic nitrogens is 1.